The molecule has 4 nitrogen and oxygen atoms in total. The number of esters is 1. The number of pyridine rings is 1. The molecular formula is C24H16BrF2NO3. The van der Waals surface area contributed by atoms with Gasteiger partial charge in [0.2, 0.25) is 0 Å². The van der Waals surface area contributed by atoms with E-state index in [-0.39, 0.29) is 17.8 Å². The molecular weight excluding hydrogens is 468 g/mol. The smallest absolute Gasteiger partial charge is 0.355 e. The normalized spacial score (nSPS) is 11.0. The van der Waals surface area contributed by atoms with Crippen LogP contribution < -0.4 is 5.56 Å². The molecule has 0 aliphatic carbocycles. The van der Waals surface area contributed by atoms with Crippen LogP contribution in [-0.4, -0.2) is 17.6 Å². The Balaban J connectivity index is 2.12. The average Bonchev–Trinajstić information content (AvgIpc) is 2.76. The van der Waals surface area contributed by atoms with E-state index in [2.05, 4.69) is 15.9 Å². The summed E-state index contributed by atoms with van der Waals surface area (Å²) in [5.74, 6) is -2.27. The second-order valence-electron chi connectivity index (χ2n) is 6.90. The van der Waals surface area contributed by atoms with Crippen LogP contribution >= 0.6 is 15.9 Å². The highest BCUT2D eigenvalue weighted by molar-refractivity contribution is 9.10. The first kappa shape index (κ1) is 20.9. The summed E-state index contributed by atoms with van der Waals surface area (Å²) in [6.45, 7) is -0.263. The molecule has 7 heteroatoms. The van der Waals surface area contributed by atoms with Gasteiger partial charge < -0.3 is 4.74 Å². The van der Waals surface area contributed by atoms with Crippen molar-refractivity contribution in [1.29, 1.82) is 0 Å². The Labute approximate surface area is 184 Å². The lowest BCUT2D eigenvalue weighted by molar-refractivity contribution is 0.0588. The minimum absolute atomic E-state index is 0.00646. The summed E-state index contributed by atoms with van der Waals surface area (Å²) in [4.78, 5) is 26.3. The van der Waals surface area contributed by atoms with Crippen molar-refractivity contribution in [3.63, 3.8) is 0 Å². The molecule has 3 aromatic carbocycles. The minimum atomic E-state index is -0.806. The van der Waals surface area contributed by atoms with Gasteiger partial charge >= 0.3 is 5.97 Å². The molecule has 1 heterocycles. The molecule has 4 rings (SSSR count). The fourth-order valence-corrected chi connectivity index (χ4v) is 3.96. The van der Waals surface area contributed by atoms with E-state index in [0.717, 1.165) is 16.6 Å². The van der Waals surface area contributed by atoms with Crippen molar-refractivity contribution in [2.24, 2.45) is 0 Å². The van der Waals surface area contributed by atoms with E-state index < -0.39 is 23.2 Å². The first-order valence-electron chi connectivity index (χ1n) is 9.34. The maximum Gasteiger partial charge on any atom is 0.355 e. The van der Waals surface area contributed by atoms with Gasteiger partial charge in [0, 0.05) is 27.1 Å². The van der Waals surface area contributed by atoms with Crippen LogP contribution in [-0.2, 0) is 11.3 Å². The number of nitrogens with zero attached hydrogens (tertiary/aromatic N) is 1. The Hall–Kier alpha value is -3.32. The van der Waals surface area contributed by atoms with Crippen LogP contribution in [0, 0.1) is 11.6 Å². The molecule has 0 radical (unpaired) electrons. The quantitative estimate of drug-likeness (QED) is 0.358. The molecule has 4 aromatic rings. The molecule has 0 bridgehead atoms. The van der Waals surface area contributed by atoms with Crippen molar-refractivity contribution in [2.45, 2.75) is 6.54 Å². The summed E-state index contributed by atoms with van der Waals surface area (Å²) in [6, 6.07) is 17.3. The molecule has 0 aliphatic heterocycles. The zero-order valence-corrected chi connectivity index (χ0v) is 17.9. The van der Waals surface area contributed by atoms with Crippen LogP contribution in [0.1, 0.15) is 16.1 Å². The third-order valence-electron chi connectivity index (χ3n) is 5.02. The Bertz CT molecular complexity index is 1370. The maximum atomic E-state index is 14.4. The van der Waals surface area contributed by atoms with Crippen LogP contribution in [0.3, 0.4) is 0 Å². The average molecular weight is 484 g/mol. The van der Waals surface area contributed by atoms with Gasteiger partial charge in [-0.25, -0.2) is 13.6 Å². The van der Waals surface area contributed by atoms with Crippen LogP contribution in [0.25, 0.3) is 21.9 Å². The maximum absolute atomic E-state index is 14.4. The predicted molar refractivity (Wildman–Crippen MR) is 118 cm³/mol. The van der Waals surface area contributed by atoms with Crippen molar-refractivity contribution in [3.05, 3.63) is 104 Å². The molecule has 156 valence electrons. The highest BCUT2D eigenvalue weighted by Gasteiger charge is 2.25. The molecule has 0 unspecified atom stereocenters. The first-order valence-corrected chi connectivity index (χ1v) is 10.1. The van der Waals surface area contributed by atoms with E-state index in [1.54, 1.807) is 18.2 Å². The summed E-state index contributed by atoms with van der Waals surface area (Å²) in [5, 5.41) is 0.916. The van der Waals surface area contributed by atoms with Crippen molar-refractivity contribution < 1.29 is 18.3 Å². The zero-order chi connectivity index (χ0) is 22.1. The highest BCUT2D eigenvalue weighted by Crippen LogP contribution is 2.33. The number of hydrogen-bond acceptors (Lipinski definition) is 3. The Morgan fingerprint density at radius 2 is 1.74 bits per heavy atom. The molecule has 0 saturated heterocycles. The molecule has 0 aliphatic rings. The lowest BCUT2D eigenvalue weighted by atomic mass is 9.96. The van der Waals surface area contributed by atoms with E-state index in [9.17, 15) is 18.4 Å². The Morgan fingerprint density at radius 1 is 1.00 bits per heavy atom. The van der Waals surface area contributed by atoms with Crippen molar-refractivity contribution in [2.75, 3.05) is 7.11 Å². The SMILES string of the molecule is COC(=O)c1c(-c2ccccc2)c2cc(Br)ccc2c(=O)n1Cc1ccc(F)cc1F. The molecule has 31 heavy (non-hydrogen) atoms. The first-order chi connectivity index (χ1) is 14.9. The van der Waals surface area contributed by atoms with Crippen molar-refractivity contribution in [3.8, 4) is 11.1 Å². The van der Waals surface area contributed by atoms with Gasteiger partial charge in [0.1, 0.15) is 17.3 Å². The lowest BCUT2D eigenvalue weighted by Crippen LogP contribution is -2.29. The Kier molecular flexibility index (Phi) is 5.69. The fraction of sp³-hybridized carbons (Fsp3) is 0.0833. The fourth-order valence-electron chi connectivity index (χ4n) is 3.60. The van der Waals surface area contributed by atoms with E-state index >= 15 is 0 Å². The van der Waals surface area contributed by atoms with Gasteiger partial charge in [-0.2, -0.15) is 0 Å². The van der Waals surface area contributed by atoms with Gasteiger partial charge in [0.05, 0.1) is 13.7 Å². The summed E-state index contributed by atoms with van der Waals surface area (Å²) < 4.78 is 34.7. The van der Waals surface area contributed by atoms with Gasteiger partial charge in [0.25, 0.3) is 5.56 Å². The number of ether oxygens (including phenoxy) is 1. The third kappa shape index (κ3) is 3.88. The van der Waals surface area contributed by atoms with Crippen LogP contribution in [0.15, 0.2) is 76.0 Å². The van der Waals surface area contributed by atoms with E-state index in [4.69, 9.17) is 4.74 Å². The Morgan fingerprint density at radius 3 is 2.42 bits per heavy atom. The lowest BCUT2D eigenvalue weighted by Gasteiger charge is -2.19. The number of carbonyl (C=O) groups excluding carboxylic acids is 1. The van der Waals surface area contributed by atoms with E-state index in [1.165, 1.54) is 17.7 Å². The second kappa shape index (κ2) is 8.43. The summed E-state index contributed by atoms with van der Waals surface area (Å²) in [5.41, 5.74) is 0.772. The molecule has 1 aromatic heterocycles. The number of halogens is 3. The largest absolute Gasteiger partial charge is 0.464 e. The number of aromatic nitrogens is 1. The number of fused-ring (bicyclic) bond motifs is 1. The topological polar surface area (TPSA) is 48.3 Å². The summed E-state index contributed by atoms with van der Waals surface area (Å²) >= 11 is 3.42. The van der Waals surface area contributed by atoms with Gasteiger partial charge in [-0.1, -0.05) is 52.3 Å². The van der Waals surface area contributed by atoms with E-state index in [0.29, 0.717) is 21.9 Å². The molecule has 0 fully saturated rings. The van der Waals surface area contributed by atoms with Crippen LogP contribution in [0.5, 0.6) is 0 Å². The van der Waals surface area contributed by atoms with Crippen LogP contribution in [0.4, 0.5) is 8.78 Å². The predicted octanol–water partition coefficient (Wildman–Crippen LogP) is 5.54. The van der Waals surface area contributed by atoms with Gasteiger partial charge in [-0.3, -0.25) is 9.36 Å². The van der Waals surface area contributed by atoms with Gasteiger partial charge in [-0.15, -0.1) is 0 Å². The molecule has 0 amide bonds. The third-order valence-corrected chi connectivity index (χ3v) is 5.51. The number of rotatable bonds is 4. The van der Waals surface area contributed by atoms with E-state index in [1.807, 2.05) is 30.3 Å². The van der Waals surface area contributed by atoms with Crippen LogP contribution in [0.2, 0.25) is 0 Å². The standard InChI is InChI=1S/C24H16BrF2NO3/c1-31-24(30)22-21(14-5-3-2-4-6-14)19-11-16(25)8-10-18(19)23(29)28(22)13-15-7-9-17(26)12-20(15)27/h2-12H,13H2,1H3. The molecule has 0 atom stereocenters. The second-order valence-corrected chi connectivity index (χ2v) is 7.81. The number of methoxy groups -OCH3 is 1. The summed E-state index contributed by atoms with van der Waals surface area (Å²) in [7, 11) is 1.22. The van der Waals surface area contributed by atoms with Gasteiger partial charge in [0.15, 0.2) is 0 Å². The van der Waals surface area contributed by atoms with Crippen molar-refractivity contribution in [1.82, 2.24) is 4.57 Å². The minimum Gasteiger partial charge on any atom is -0.464 e. The summed E-state index contributed by atoms with van der Waals surface area (Å²) in [6.07, 6.45) is 0. The number of hydrogen-bond donors (Lipinski definition) is 0. The molecule has 0 saturated carbocycles. The zero-order valence-electron chi connectivity index (χ0n) is 16.4. The number of benzene rings is 3. The highest BCUT2D eigenvalue weighted by atomic mass is 79.9. The van der Waals surface area contributed by atoms with Gasteiger partial charge in [-0.05, 0) is 35.2 Å². The monoisotopic (exact) mass is 483 g/mol. The molecule has 0 spiro atoms. The van der Waals surface area contributed by atoms with Crippen molar-refractivity contribution >= 4 is 32.7 Å². The molecule has 0 N–H and O–H groups in total. The number of carbonyl (C=O) groups is 1.